The number of hydrogen-bond acceptors (Lipinski definition) is 1. The van der Waals surface area contributed by atoms with Gasteiger partial charge in [0.1, 0.15) is 5.82 Å². The highest BCUT2D eigenvalue weighted by atomic mass is 79.9. The van der Waals surface area contributed by atoms with Gasteiger partial charge in [0.2, 0.25) is 0 Å². The first-order valence-corrected chi connectivity index (χ1v) is 7.93. The summed E-state index contributed by atoms with van der Waals surface area (Å²) in [6, 6.07) is 6.98. The van der Waals surface area contributed by atoms with Crippen molar-refractivity contribution in [1.29, 1.82) is 0 Å². The van der Waals surface area contributed by atoms with E-state index >= 15 is 0 Å². The number of para-hydroxylation sites is 1. The van der Waals surface area contributed by atoms with Gasteiger partial charge in [-0.15, -0.1) is 0 Å². The van der Waals surface area contributed by atoms with Gasteiger partial charge in [-0.25, -0.2) is 4.39 Å². The summed E-state index contributed by atoms with van der Waals surface area (Å²) in [7, 11) is 0. The van der Waals surface area contributed by atoms with Crippen LogP contribution in [0.4, 0.5) is 4.39 Å². The van der Waals surface area contributed by atoms with Gasteiger partial charge in [0.25, 0.3) is 0 Å². The van der Waals surface area contributed by atoms with Crippen LogP contribution in [0.2, 0.25) is 0 Å². The summed E-state index contributed by atoms with van der Waals surface area (Å²) in [4.78, 5) is 0. The fourth-order valence-corrected chi connectivity index (χ4v) is 3.88. The molecule has 0 aliphatic heterocycles. The number of halogens is 2. The van der Waals surface area contributed by atoms with E-state index in [1.54, 1.807) is 6.07 Å². The summed E-state index contributed by atoms with van der Waals surface area (Å²) >= 11 is 3.45. The molecule has 0 amide bonds. The molecule has 1 aromatic carbocycles. The normalized spacial score (nSPS) is 20.4. The van der Waals surface area contributed by atoms with Crippen molar-refractivity contribution in [3.63, 3.8) is 0 Å². The Morgan fingerprint density at radius 1 is 1.38 bits per heavy atom. The maximum Gasteiger partial charge on any atom is 0.148 e. The minimum absolute atomic E-state index is 0.00664. The Balaban J connectivity index is 2.26. The molecule has 0 radical (unpaired) electrons. The van der Waals surface area contributed by atoms with Crippen molar-refractivity contribution in [2.45, 2.75) is 39.7 Å². The van der Waals surface area contributed by atoms with E-state index in [0.29, 0.717) is 5.69 Å². The van der Waals surface area contributed by atoms with Gasteiger partial charge in [-0.05, 0) is 59.3 Å². The molecular weight excluding hydrogens is 333 g/mol. The minimum Gasteiger partial charge on any atom is -0.388 e. The van der Waals surface area contributed by atoms with E-state index < -0.39 is 6.10 Å². The highest BCUT2D eigenvalue weighted by Crippen LogP contribution is 2.43. The number of aliphatic hydroxyl groups is 1. The van der Waals surface area contributed by atoms with Gasteiger partial charge in [-0.3, -0.25) is 0 Å². The Morgan fingerprint density at radius 2 is 2.10 bits per heavy atom. The number of aliphatic hydroxyl groups excluding tert-OH is 1. The summed E-state index contributed by atoms with van der Waals surface area (Å²) < 4.78 is 17.0. The highest BCUT2D eigenvalue weighted by molar-refractivity contribution is 9.10. The van der Waals surface area contributed by atoms with E-state index in [-0.39, 0.29) is 11.2 Å². The third kappa shape index (κ3) is 2.44. The van der Waals surface area contributed by atoms with E-state index in [1.807, 2.05) is 23.6 Å². The Kier molecular flexibility index (Phi) is 3.49. The third-order valence-corrected chi connectivity index (χ3v) is 4.87. The number of rotatable bonds is 1. The van der Waals surface area contributed by atoms with Crippen molar-refractivity contribution in [2.24, 2.45) is 5.41 Å². The average Bonchev–Trinajstić information content (AvgIpc) is 2.66. The number of benzene rings is 1. The summed E-state index contributed by atoms with van der Waals surface area (Å²) in [6.07, 6.45) is 1.09. The molecule has 0 spiro atoms. The molecule has 1 atom stereocenters. The van der Waals surface area contributed by atoms with Crippen LogP contribution in [0, 0.1) is 18.2 Å². The first kappa shape index (κ1) is 14.8. The zero-order valence-electron chi connectivity index (χ0n) is 12.5. The zero-order valence-corrected chi connectivity index (χ0v) is 14.0. The number of fused-ring (bicyclic) bond motifs is 1. The molecular formula is C17H19BrFNO. The molecule has 2 nitrogen and oxygen atoms in total. The van der Waals surface area contributed by atoms with Crippen LogP contribution in [0.15, 0.2) is 28.7 Å². The lowest BCUT2D eigenvalue weighted by molar-refractivity contribution is 0.0986. The van der Waals surface area contributed by atoms with Gasteiger partial charge in [-0.1, -0.05) is 19.9 Å². The lowest BCUT2D eigenvalue weighted by Gasteiger charge is -2.34. The smallest absolute Gasteiger partial charge is 0.148 e. The number of aryl methyl sites for hydroxylation is 1. The molecule has 1 aromatic heterocycles. The molecule has 2 aromatic rings. The first-order valence-electron chi connectivity index (χ1n) is 7.14. The Morgan fingerprint density at radius 3 is 2.76 bits per heavy atom. The summed E-state index contributed by atoms with van der Waals surface area (Å²) in [6.45, 7) is 6.24. The number of nitrogens with zero attached hydrogens (tertiary/aromatic N) is 1. The number of hydrogen-bond donors (Lipinski definition) is 1. The average molecular weight is 352 g/mol. The van der Waals surface area contributed by atoms with Crippen molar-refractivity contribution in [2.75, 3.05) is 0 Å². The molecule has 1 heterocycles. The second-order valence-corrected chi connectivity index (χ2v) is 7.51. The molecule has 4 heteroatoms. The molecule has 0 saturated heterocycles. The maximum absolute atomic E-state index is 14.3. The van der Waals surface area contributed by atoms with E-state index in [2.05, 4.69) is 29.8 Å². The van der Waals surface area contributed by atoms with Crippen molar-refractivity contribution in [3.8, 4) is 5.69 Å². The first-order chi connectivity index (χ1) is 9.80. The maximum atomic E-state index is 14.3. The molecule has 1 aliphatic rings. The zero-order chi connectivity index (χ0) is 15.4. The molecule has 0 fully saturated rings. The van der Waals surface area contributed by atoms with Gasteiger partial charge in [-0.2, -0.15) is 0 Å². The third-order valence-electron chi connectivity index (χ3n) is 4.23. The summed E-state index contributed by atoms with van der Waals surface area (Å²) in [5.74, 6) is -0.260. The monoisotopic (exact) mass is 351 g/mol. The lowest BCUT2D eigenvalue weighted by atomic mass is 9.75. The van der Waals surface area contributed by atoms with E-state index in [1.165, 1.54) is 6.07 Å². The van der Waals surface area contributed by atoms with Gasteiger partial charge >= 0.3 is 0 Å². The van der Waals surface area contributed by atoms with Crippen molar-refractivity contribution < 1.29 is 9.50 Å². The molecule has 0 bridgehead atoms. The Hall–Kier alpha value is -1.13. The highest BCUT2D eigenvalue weighted by Gasteiger charge is 2.35. The predicted molar refractivity (Wildman–Crippen MR) is 85.2 cm³/mol. The minimum atomic E-state index is -0.478. The Labute approximate surface area is 132 Å². The number of aromatic nitrogens is 1. The Bertz CT molecular complexity index is 685. The molecule has 3 rings (SSSR count). The van der Waals surface area contributed by atoms with Crippen LogP contribution < -0.4 is 0 Å². The molecule has 1 unspecified atom stereocenters. The lowest BCUT2D eigenvalue weighted by Crippen LogP contribution is -2.26. The SMILES string of the molecule is Cc1cc2c(n1-c1c(F)cccc1Br)CC(C)(C)CC2O. The van der Waals surface area contributed by atoms with Crippen LogP contribution in [0.25, 0.3) is 5.69 Å². The van der Waals surface area contributed by atoms with Gasteiger partial charge in [0.05, 0.1) is 11.8 Å². The molecule has 1 aliphatic carbocycles. The molecule has 0 saturated carbocycles. The molecule has 1 N–H and O–H groups in total. The van der Waals surface area contributed by atoms with Crippen LogP contribution in [-0.4, -0.2) is 9.67 Å². The topological polar surface area (TPSA) is 25.2 Å². The standard InChI is InChI=1S/C17H19BrFNO/c1-10-7-11-14(8-17(2,3)9-15(11)21)20(10)16-12(18)5-4-6-13(16)19/h4-7,15,21H,8-9H2,1-3H3. The molecule has 21 heavy (non-hydrogen) atoms. The van der Waals surface area contributed by atoms with Crippen molar-refractivity contribution >= 4 is 15.9 Å². The van der Waals surface area contributed by atoms with Crippen LogP contribution in [0.3, 0.4) is 0 Å². The second kappa shape index (κ2) is 4.96. The van der Waals surface area contributed by atoms with Crippen LogP contribution >= 0.6 is 15.9 Å². The van der Waals surface area contributed by atoms with Crippen LogP contribution in [0.5, 0.6) is 0 Å². The van der Waals surface area contributed by atoms with Gasteiger partial charge in [0.15, 0.2) is 0 Å². The predicted octanol–water partition coefficient (Wildman–Crippen LogP) is 4.69. The summed E-state index contributed by atoms with van der Waals surface area (Å²) in [5.41, 5.74) is 3.43. The largest absolute Gasteiger partial charge is 0.388 e. The summed E-state index contributed by atoms with van der Waals surface area (Å²) in [5, 5.41) is 10.4. The fourth-order valence-electron chi connectivity index (χ4n) is 3.36. The fraction of sp³-hybridized carbons (Fsp3) is 0.412. The van der Waals surface area contributed by atoms with Crippen LogP contribution in [-0.2, 0) is 6.42 Å². The molecule has 112 valence electrons. The van der Waals surface area contributed by atoms with E-state index in [4.69, 9.17) is 0 Å². The van der Waals surface area contributed by atoms with Gasteiger partial charge in [0, 0.05) is 21.4 Å². The van der Waals surface area contributed by atoms with E-state index in [0.717, 1.165) is 34.3 Å². The quantitative estimate of drug-likeness (QED) is 0.791. The van der Waals surface area contributed by atoms with Crippen LogP contribution in [0.1, 0.15) is 43.3 Å². The second-order valence-electron chi connectivity index (χ2n) is 6.65. The van der Waals surface area contributed by atoms with Crippen molar-refractivity contribution in [3.05, 3.63) is 51.5 Å². The van der Waals surface area contributed by atoms with Crippen molar-refractivity contribution in [1.82, 2.24) is 4.57 Å². The van der Waals surface area contributed by atoms with Gasteiger partial charge < -0.3 is 9.67 Å². The van der Waals surface area contributed by atoms with E-state index in [9.17, 15) is 9.50 Å².